The summed E-state index contributed by atoms with van der Waals surface area (Å²) in [6.07, 6.45) is 9.16. The van der Waals surface area contributed by atoms with E-state index in [2.05, 4.69) is 44.2 Å². The highest BCUT2D eigenvalue weighted by Crippen LogP contribution is 2.18. The van der Waals surface area contributed by atoms with Gasteiger partial charge in [0.15, 0.2) is 0 Å². The first-order chi connectivity index (χ1) is 12.9. The number of nitrogens with zero attached hydrogens (tertiary/aromatic N) is 4. The summed E-state index contributed by atoms with van der Waals surface area (Å²) < 4.78 is 0. The summed E-state index contributed by atoms with van der Waals surface area (Å²) in [5, 5.41) is 0. The topological polar surface area (TPSA) is 51.6 Å². The molecular weight excluding hydrogens is 320 g/mol. The SMILES string of the molecule is c1ccc(-c2cc(CCc3ccnc(-c4ccccn4)c3)ccn2)nc1. The van der Waals surface area contributed by atoms with E-state index in [4.69, 9.17) is 0 Å². The number of hydrogen-bond acceptors (Lipinski definition) is 4. The van der Waals surface area contributed by atoms with Crippen molar-refractivity contribution in [2.24, 2.45) is 0 Å². The summed E-state index contributed by atoms with van der Waals surface area (Å²) in [7, 11) is 0. The fraction of sp³-hybridized carbons (Fsp3) is 0.0909. The van der Waals surface area contributed by atoms with Gasteiger partial charge in [0.1, 0.15) is 0 Å². The van der Waals surface area contributed by atoms with Crippen LogP contribution in [0, 0.1) is 0 Å². The molecule has 0 aliphatic carbocycles. The summed E-state index contributed by atoms with van der Waals surface area (Å²) in [6, 6.07) is 20.1. The van der Waals surface area contributed by atoms with Crippen molar-refractivity contribution in [2.75, 3.05) is 0 Å². The number of rotatable bonds is 5. The highest BCUT2D eigenvalue weighted by Gasteiger charge is 2.04. The quantitative estimate of drug-likeness (QED) is 0.542. The van der Waals surface area contributed by atoms with Gasteiger partial charge in [-0.05, 0) is 72.5 Å². The van der Waals surface area contributed by atoms with E-state index in [9.17, 15) is 0 Å². The average molecular weight is 338 g/mol. The Bertz CT molecular complexity index is 902. The third kappa shape index (κ3) is 3.81. The van der Waals surface area contributed by atoms with Gasteiger partial charge in [0.05, 0.1) is 22.8 Å². The van der Waals surface area contributed by atoms with E-state index in [0.29, 0.717) is 0 Å². The standard InChI is InChI=1S/C22H18N4/c1-3-11-23-19(5-1)21-15-17(9-13-25-21)7-8-18-10-14-26-22(16-18)20-6-2-4-12-24-20/h1-6,9-16H,7-8H2. The molecule has 4 heteroatoms. The van der Waals surface area contributed by atoms with E-state index < -0.39 is 0 Å². The predicted octanol–water partition coefficient (Wildman–Crippen LogP) is 4.39. The summed E-state index contributed by atoms with van der Waals surface area (Å²) in [4.78, 5) is 17.6. The van der Waals surface area contributed by atoms with Crippen LogP contribution < -0.4 is 0 Å². The van der Waals surface area contributed by atoms with Crippen molar-refractivity contribution in [1.29, 1.82) is 0 Å². The largest absolute Gasteiger partial charge is 0.255 e. The van der Waals surface area contributed by atoms with Crippen molar-refractivity contribution < 1.29 is 0 Å². The van der Waals surface area contributed by atoms with Gasteiger partial charge in [-0.2, -0.15) is 0 Å². The molecule has 0 N–H and O–H groups in total. The second-order valence-corrected chi connectivity index (χ2v) is 6.03. The summed E-state index contributed by atoms with van der Waals surface area (Å²) >= 11 is 0. The van der Waals surface area contributed by atoms with Gasteiger partial charge in [-0.15, -0.1) is 0 Å². The maximum absolute atomic E-state index is 4.44. The normalized spacial score (nSPS) is 10.6. The molecule has 0 aliphatic rings. The van der Waals surface area contributed by atoms with E-state index in [-0.39, 0.29) is 0 Å². The van der Waals surface area contributed by atoms with Crippen LogP contribution in [0.5, 0.6) is 0 Å². The lowest BCUT2D eigenvalue weighted by molar-refractivity contribution is 0.951. The Morgan fingerprint density at radius 1 is 0.462 bits per heavy atom. The molecule has 0 atom stereocenters. The van der Waals surface area contributed by atoms with Crippen LogP contribution in [-0.2, 0) is 12.8 Å². The maximum Gasteiger partial charge on any atom is 0.0888 e. The second kappa shape index (κ2) is 7.66. The van der Waals surface area contributed by atoms with Gasteiger partial charge >= 0.3 is 0 Å². The molecule has 0 bridgehead atoms. The zero-order chi connectivity index (χ0) is 17.6. The van der Waals surface area contributed by atoms with Crippen LogP contribution in [0.4, 0.5) is 0 Å². The molecule has 4 heterocycles. The van der Waals surface area contributed by atoms with Gasteiger partial charge < -0.3 is 0 Å². The lowest BCUT2D eigenvalue weighted by Crippen LogP contribution is -1.95. The molecular formula is C22H18N4. The second-order valence-electron chi connectivity index (χ2n) is 6.03. The third-order valence-corrected chi connectivity index (χ3v) is 4.21. The van der Waals surface area contributed by atoms with Crippen molar-refractivity contribution in [3.05, 3.63) is 96.6 Å². The zero-order valence-corrected chi connectivity index (χ0v) is 14.3. The molecule has 4 rings (SSSR count). The number of pyridine rings is 4. The Hall–Kier alpha value is -3.40. The minimum Gasteiger partial charge on any atom is -0.255 e. The van der Waals surface area contributed by atoms with Crippen molar-refractivity contribution in [2.45, 2.75) is 12.8 Å². The molecule has 0 radical (unpaired) electrons. The molecule has 26 heavy (non-hydrogen) atoms. The van der Waals surface area contributed by atoms with Crippen LogP contribution in [0.1, 0.15) is 11.1 Å². The minimum atomic E-state index is 0.899. The molecule has 0 aromatic carbocycles. The molecule has 0 fully saturated rings. The van der Waals surface area contributed by atoms with Gasteiger partial charge in [0.2, 0.25) is 0 Å². The van der Waals surface area contributed by atoms with E-state index in [1.54, 1.807) is 12.4 Å². The van der Waals surface area contributed by atoms with Gasteiger partial charge in [-0.3, -0.25) is 19.9 Å². The Morgan fingerprint density at radius 3 is 1.35 bits per heavy atom. The molecule has 0 spiro atoms. The van der Waals surface area contributed by atoms with Crippen LogP contribution >= 0.6 is 0 Å². The van der Waals surface area contributed by atoms with E-state index in [1.165, 1.54) is 11.1 Å². The number of aryl methyl sites for hydroxylation is 2. The van der Waals surface area contributed by atoms with Crippen LogP contribution in [0.15, 0.2) is 85.5 Å². The number of aromatic nitrogens is 4. The van der Waals surface area contributed by atoms with E-state index in [0.717, 1.165) is 35.6 Å². The summed E-state index contributed by atoms with van der Waals surface area (Å²) in [5.41, 5.74) is 6.11. The Kier molecular flexibility index (Phi) is 4.74. The van der Waals surface area contributed by atoms with Crippen LogP contribution in [0.3, 0.4) is 0 Å². The predicted molar refractivity (Wildman–Crippen MR) is 102 cm³/mol. The van der Waals surface area contributed by atoms with Gasteiger partial charge in [-0.1, -0.05) is 12.1 Å². The molecule has 0 amide bonds. The van der Waals surface area contributed by atoms with Gasteiger partial charge in [-0.25, -0.2) is 0 Å². The van der Waals surface area contributed by atoms with Crippen molar-refractivity contribution >= 4 is 0 Å². The van der Waals surface area contributed by atoms with E-state index in [1.807, 2.05) is 48.8 Å². The van der Waals surface area contributed by atoms with Gasteiger partial charge in [0.25, 0.3) is 0 Å². The Morgan fingerprint density at radius 2 is 0.923 bits per heavy atom. The first-order valence-electron chi connectivity index (χ1n) is 8.61. The number of hydrogen-bond donors (Lipinski definition) is 0. The van der Waals surface area contributed by atoms with Crippen LogP contribution in [0.2, 0.25) is 0 Å². The Balaban J connectivity index is 1.50. The maximum atomic E-state index is 4.44. The smallest absolute Gasteiger partial charge is 0.0888 e. The average Bonchev–Trinajstić information content (AvgIpc) is 2.74. The molecule has 4 aromatic rings. The monoisotopic (exact) mass is 338 g/mol. The van der Waals surface area contributed by atoms with Gasteiger partial charge in [0, 0.05) is 24.8 Å². The van der Waals surface area contributed by atoms with Crippen molar-refractivity contribution in [1.82, 2.24) is 19.9 Å². The van der Waals surface area contributed by atoms with Crippen molar-refractivity contribution in [3.8, 4) is 22.8 Å². The van der Waals surface area contributed by atoms with Crippen LogP contribution in [-0.4, -0.2) is 19.9 Å². The highest BCUT2D eigenvalue weighted by atomic mass is 14.8. The molecule has 0 saturated heterocycles. The third-order valence-electron chi connectivity index (χ3n) is 4.21. The molecule has 0 saturated carbocycles. The molecule has 0 aliphatic heterocycles. The first-order valence-corrected chi connectivity index (χ1v) is 8.61. The van der Waals surface area contributed by atoms with E-state index >= 15 is 0 Å². The lowest BCUT2D eigenvalue weighted by atomic mass is 10.0. The summed E-state index contributed by atoms with van der Waals surface area (Å²) in [6.45, 7) is 0. The fourth-order valence-electron chi connectivity index (χ4n) is 2.86. The molecule has 4 aromatic heterocycles. The fourth-order valence-corrected chi connectivity index (χ4v) is 2.86. The lowest BCUT2D eigenvalue weighted by Gasteiger charge is -2.06. The zero-order valence-electron chi connectivity index (χ0n) is 14.3. The highest BCUT2D eigenvalue weighted by molar-refractivity contribution is 5.55. The molecule has 0 unspecified atom stereocenters. The van der Waals surface area contributed by atoms with Crippen LogP contribution in [0.25, 0.3) is 22.8 Å². The minimum absolute atomic E-state index is 0.899. The Labute approximate surface area is 152 Å². The first kappa shape index (κ1) is 16.1. The molecule has 4 nitrogen and oxygen atoms in total. The van der Waals surface area contributed by atoms with Crippen molar-refractivity contribution in [3.63, 3.8) is 0 Å². The molecule has 126 valence electrons. The summed E-state index contributed by atoms with van der Waals surface area (Å²) in [5.74, 6) is 0.